The van der Waals surface area contributed by atoms with Crippen molar-refractivity contribution in [2.75, 3.05) is 29.6 Å². The van der Waals surface area contributed by atoms with Gasteiger partial charge in [0.15, 0.2) is 0 Å². The molecule has 10 nitrogen and oxygen atoms in total. The number of fused-ring (bicyclic) bond motifs is 1. The second-order valence-electron chi connectivity index (χ2n) is 8.76. The Morgan fingerprint density at radius 2 is 1.97 bits per heavy atom. The van der Waals surface area contributed by atoms with E-state index in [1.54, 1.807) is 17.9 Å². The smallest absolute Gasteiger partial charge is 0.412 e. The Hall–Kier alpha value is -3.95. The lowest BCUT2D eigenvalue weighted by atomic mass is 9.89. The van der Waals surface area contributed by atoms with E-state index in [0.717, 1.165) is 29.7 Å². The highest BCUT2D eigenvalue weighted by molar-refractivity contribution is 6.39. The number of anilines is 3. The predicted octanol–water partition coefficient (Wildman–Crippen LogP) is 3.00. The molecular formula is C24H27N5O5. The van der Waals surface area contributed by atoms with Crippen LogP contribution < -0.4 is 16.0 Å². The quantitative estimate of drug-likeness (QED) is 0.598. The molecule has 0 radical (unpaired) electrons. The molecule has 1 aromatic heterocycles. The molecule has 178 valence electrons. The molecule has 2 aromatic rings. The number of likely N-dealkylation sites (tertiary alicyclic amines) is 1. The topological polar surface area (TPSA) is 130 Å². The third kappa shape index (κ3) is 4.85. The van der Waals surface area contributed by atoms with Crippen LogP contribution in [0.1, 0.15) is 42.5 Å². The Kier molecular flexibility index (Phi) is 6.49. The molecule has 2 aliphatic heterocycles. The molecule has 0 spiro atoms. The van der Waals surface area contributed by atoms with Gasteiger partial charge in [-0.15, -0.1) is 0 Å². The number of ether oxygens (including phenoxy) is 1. The Labute approximate surface area is 197 Å². The van der Waals surface area contributed by atoms with Gasteiger partial charge in [0.2, 0.25) is 5.91 Å². The van der Waals surface area contributed by atoms with Gasteiger partial charge in [0.25, 0.3) is 0 Å². The van der Waals surface area contributed by atoms with Gasteiger partial charge in [-0.1, -0.05) is 19.1 Å². The zero-order valence-corrected chi connectivity index (χ0v) is 19.3. The van der Waals surface area contributed by atoms with E-state index in [4.69, 9.17) is 0 Å². The summed E-state index contributed by atoms with van der Waals surface area (Å²) in [7, 11) is 1.25. The van der Waals surface area contributed by atoms with Crippen molar-refractivity contribution in [3.8, 4) is 0 Å². The van der Waals surface area contributed by atoms with Gasteiger partial charge in [0.1, 0.15) is 5.82 Å². The molecule has 3 N–H and O–H groups in total. The number of pyridine rings is 1. The number of hydrogen-bond acceptors (Lipinski definition) is 6. The number of nitrogens with one attached hydrogen (secondary N) is 3. The summed E-state index contributed by atoms with van der Waals surface area (Å²) in [5.41, 5.74) is 3.55. The highest BCUT2D eigenvalue weighted by Crippen LogP contribution is 2.36. The van der Waals surface area contributed by atoms with Gasteiger partial charge < -0.3 is 20.3 Å². The second-order valence-corrected chi connectivity index (χ2v) is 8.76. The number of nitrogens with zero attached hydrogens (tertiary/aromatic N) is 2. The van der Waals surface area contributed by atoms with Crippen molar-refractivity contribution in [2.24, 2.45) is 5.92 Å². The van der Waals surface area contributed by atoms with Crippen LogP contribution in [0.15, 0.2) is 30.5 Å². The Morgan fingerprint density at radius 1 is 1.18 bits per heavy atom. The summed E-state index contributed by atoms with van der Waals surface area (Å²) in [6.45, 7) is 4.23. The number of aromatic nitrogens is 1. The monoisotopic (exact) mass is 465 g/mol. The fraction of sp³-hybridized carbons (Fsp3) is 0.375. The lowest BCUT2D eigenvalue weighted by molar-refractivity contribution is -0.146. The average Bonchev–Trinajstić information content (AvgIpc) is 3.19. The summed E-state index contributed by atoms with van der Waals surface area (Å²) >= 11 is 0. The summed E-state index contributed by atoms with van der Waals surface area (Å²) in [4.78, 5) is 54.9. The fourth-order valence-electron chi connectivity index (χ4n) is 4.42. The van der Waals surface area contributed by atoms with Crippen LogP contribution in [0, 0.1) is 12.8 Å². The number of aryl methyl sites for hydroxylation is 1. The van der Waals surface area contributed by atoms with E-state index in [1.807, 2.05) is 18.2 Å². The van der Waals surface area contributed by atoms with E-state index in [0.29, 0.717) is 30.0 Å². The van der Waals surface area contributed by atoms with E-state index in [1.165, 1.54) is 13.3 Å². The minimum Gasteiger partial charge on any atom is -0.453 e. The van der Waals surface area contributed by atoms with Crippen molar-refractivity contribution in [1.29, 1.82) is 0 Å². The maximum Gasteiger partial charge on any atom is 0.412 e. The van der Waals surface area contributed by atoms with Gasteiger partial charge in [-0.3, -0.25) is 19.7 Å². The molecule has 0 bridgehead atoms. The first kappa shape index (κ1) is 23.2. The van der Waals surface area contributed by atoms with E-state index < -0.39 is 17.9 Å². The maximum absolute atomic E-state index is 13.2. The normalized spacial score (nSPS) is 19.1. The molecule has 0 aliphatic carbocycles. The van der Waals surface area contributed by atoms with Crippen LogP contribution in [0.3, 0.4) is 0 Å². The largest absolute Gasteiger partial charge is 0.453 e. The number of benzene rings is 1. The minimum atomic E-state index is -0.757. The molecule has 1 aromatic carbocycles. The van der Waals surface area contributed by atoms with Crippen LogP contribution in [0.2, 0.25) is 0 Å². The van der Waals surface area contributed by atoms with Gasteiger partial charge in [0.05, 0.1) is 31.5 Å². The molecule has 0 saturated carbocycles. The van der Waals surface area contributed by atoms with Gasteiger partial charge in [-0.2, -0.15) is 0 Å². The zero-order chi connectivity index (χ0) is 24.4. The Morgan fingerprint density at radius 3 is 2.71 bits per heavy atom. The first-order valence-corrected chi connectivity index (χ1v) is 11.1. The number of carbonyl (C=O) groups excluding carboxylic acids is 4. The number of carbonyl (C=O) groups is 4. The van der Waals surface area contributed by atoms with E-state index in [-0.39, 0.29) is 17.9 Å². The summed E-state index contributed by atoms with van der Waals surface area (Å²) in [6.07, 6.45) is 2.69. The van der Waals surface area contributed by atoms with Crippen molar-refractivity contribution in [2.45, 2.75) is 39.2 Å². The van der Waals surface area contributed by atoms with Gasteiger partial charge in [0, 0.05) is 12.2 Å². The first-order chi connectivity index (χ1) is 16.2. The lowest BCUT2D eigenvalue weighted by Crippen LogP contribution is -2.46. The van der Waals surface area contributed by atoms with Crippen molar-refractivity contribution in [1.82, 2.24) is 9.88 Å². The summed E-state index contributed by atoms with van der Waals surface area (Å²) in [5, 5.41) is 7.91. The maximum atomic E-state index is 13.2. The SMILES string of the molecule is COC(=O)Nc1ncc(NC(=O)C(=O)N2C[C@H](C)CC[C@H]2c2ccc3c(c2)CC(=O)N3)cc1C. The molecule has 2 aliphatic rings. The van der Waals surface area contributed by atoms with Crippen molar-refractivity contribution in [3.63, 3.8) is 0 Å². The minimum absolute atomic E-state index is 0.0477. The zero-order valence-electron chi connectivity index (χ0n) is 19.3. The second kappa shape index (κ2) is 9.50. The van der Waals surface area contributed by atoms with Crippen LogP contribution in [-0.4, -0.2) is 47.4 Å². The highest BCUT2D eigenvalue weighted by atomic mass is 16.5. The van der Waals surface area contributed by atoms with Crippen molar-refractivity contribution >= 4 is 41.0 Å². The van der Waals surface area contributed by atoms with Gasteiger partial charge in [-0.25, -0.2) is 9.78 Å². The van der Waals surface area contributed by atoms with E-state index in [2.05, 4.69) is 32.6 Å². The summed E-state index contributed by atoms with van der Waals surface area (Å²) < 4.78 is 4.56. The van der Waals surface area contributed by atoms with Crippen LogP contribution in [0.25, 0.3) is 0 Å². The fourth-order valence-corrected chi connectivity index (χ4v) is 4.42. The average molecular weight is 466 g/mol. The molecule has 1 saturated heterocycles. The Balaban J connectivity index is 1.50. The number of hydrogen-bond donors (Lipinski definition) is 3. The van der Waals surface area contributed by atoms with Crippen LogP contribution in [-0.2, 0) is 25.5 Å². The molecule has 0 unspecified atom stereocenters. The van der Waals surface area contributed by atoms with E-state index >= 15 is 0 Å². The molecule has 3 heterocycles. The number of rotatable bonds is 3. The number of amides is 4. The first-order valence-electron chi connectivity index (χ1n) is 11.1. The number of methoxy groups -OCH3 is 1. The Bertz CT molecular complexity index is 1160. The molecule has 4 amide bonds. The summed E-state index contributed by atoms with van der Waals surface area (Å²) in [6, 6.07) is 7.08. The van der Waals surface area contributed by atoms with Gasteiger partial charge in [-0.05, 0) is 54.5 Å². The third-order valence-electron chi connectivity index (χ3n) is 6.15. The molecular weight excluding hydrogens is 438 g/mol. The molecule has 2 atom stereocenters. The van der Waals surface area contributed by atoms with Gasteiger partial charge >= 0.3 is 17.9 Å². The number of piperidine rings is 1. The van der Waals surface area contributed by atoms with Crippen molar-refractivity contribution < 1.29 is 23.9 Å². The molecule has 34 heavy (non-hydrogen) atoms. The van der Waals surface area contributed by atoms with Crippen LogP contribution in [0.4, 0.5) is 22.0 Å². The third-order valence-corrected chi connectivity index (χ3v) is 6.15. The molecule has 1 fully saturated rings. The van der Waals surface area contributed by atoms with Crippen LogP contribution in [0.5, 0.6) is 0 Å². The predicted molar refractivity (Wildman–Crippen MR) is 125 cm³/mol. The lowest BCUT2D eigenvalue weighted by Gasteiger charge is -2.38. The molecule has 10 heteroatoms. The van der Waals surface area contributed by atoms with E-state index in [9.17, 15) is 19.2 Å². The van der Waals surface area contributed by atoms with Crippen molar-refractivity contribution in [3.05, 3.63) is 47.2 Å². The highest BCUT2D eigenvalue weighted by Gasteiger charge is 2.35. The summed E-state index contributed by atoms with van der Waals surface area (Å²) in [5.74, 6) is -0.870. The molecule has 4 rings (SSSR count). The van der Waals surface area contributed by atoms with Crippen LogP contribution >= 0.6 is 0 Å². The standard InChI is InChI=1S/C24H27N5O5/c1-13-4-7-19(15-5-6-18-16(9-15)10-20(30)27-18)29(12-13)23(32)22(31)26-17-8-14(2)21(25-11-17)28-24(33)34-3/h5-6,8-9,11,13,19H,4,7,10,12H2,1-3H3,(H,26,31)(H,27,30)(H,25,28,33)/t13-,19+/m1/s1.